The summed E-state index contributed by atoms with van der Waals surface area (Å²) in [6.07, 6.45) is 2.37. The van der Waals surface area contributed by atoms with Crippen molar-refractivity contribution in [1.82, 2.24) is 14.7 Å². The van der Waals surface area contributed by atoms with Crippen LogP contribution in [0.3, 0.4) is 0 Å². The summed E-state index contributed by atoms with van der Waals surface area (Å²) in [6, 6.07) is 3.85. The molecule has 6 nitrogen and oxygen atoms in total. The van der Waals surface area contributed by atoms with Gasteiger partial charge in [0.1, 0.15) is 11.6 Å². The van der Waals surface area contributed by atoms with E-state index < -0.39 is 11.9 Å². The molecule has 25 heavy (non-hydrogen) atoms. The van der Waals surface area contributed by atoms with Gasteiger partial charge in [0, 0.05) is 30.7 Å². The van der Waals surface area contributed by atoms with E-state index in [0.717, 1.165) is 24.3 Å². The molecule has 132 valence electrons. The molecule has 1 unspecified atom stereocenters. The van der Waals surface area contributed by atoms with E-state index in [1.165, 1.54) is 18.2 Å². The maximum absolute atomic E-state index is 13.2. The summed E-state index contributed by atoms with van der Waals surface area (Å²) in [5, 5.41) is 4.35. The molecule has 1 amide bonds. The highest BCUT2D eigenvalue weighted by molar-refractivity contribution is 6.30. The smallest absolute Gasteiger partial charge is 0.410 e. The van der Waals surface area contributed by atoms with Crippen LogP contribution in [-0.4, -0.2) is 40.5 Å². The average molecular weight is 366 g/mol. The summed E-state index contributed by atoms with van der Waals surface area (Å²) >= 11 is 5.73. The average Bonchev–Trinajstić information content (AvgIpc) is 3.26. The first kappa shape index (κ1) is 16.4. The molecule has 0 spiro atoms. The standard InChI is InChI=1S/C17H17ClFN3O3/c18-14-7-12(1-2-15(14)19)25-17(23)21-4-5-22-16(9-21)13(8-20-22)11-3-6-24-10-11/h1-2,7-8,11H,3-6,9-10H2. The number of ether oxygens (including phenoxy) is 2. The Bertz CT molecular complexity index is 804. The highest BCUT2D eigenvalue weighted by atomic mass is 35.5. The number of benzene rings is 1. The number of nitrogens with zero attached hydrogens (tertiary/aromatic N) is 3. The van der Waals surface area contributed by atoms with Crippen molar-refractivity contribution in [3.63, 3.8) is 0 Å². The lowest BCUT2D eigenvalue weighted by Gasteiger charge is -2.28. The summed E-state index contributed by atoms with van der Waals surface area (Å²) < 4.78 is 25.9. The van der Waals surface area contributed by atoms with Gasteiger partial charge in [0.25, 0.3) is 0 Å². The Labute approximate surface area is 149 Å². The second-order valence-electron chi connectivity index (χ2n) is 6.20. The summed E-state index contributed by atoms with van der Waals surface area (Å²) in [4.78, 5) is 14.1. The molecule has 0 bridgehead atoms. The largest absolute Gasteiger partial charge is 0.415 e. The molecule has 1 aromatic carbocycles. The van der Waals surface area contributed by atoms with Crippen LogP contribution in [0.25, 0.3) is 0 Å². The second-order valence-corrected chi connectivity index (χ2v) is 6.60. The van der Waals surface area contributed by atoms with E-state index in [1.807, 2.05) is 10.9 Å². The number of rotatable bonds is 2. The van der Waals surface area contributed by atoms with Gasteiger partial charge < -0.3 is 14.4 Å². The Kier molecular flexibility index (Phi) is 4.35. The predicted molar refractivity (Wildman–Crippen MR) is 88.2 cm³/mol. The Morgan fingerprint density at radius 3 is 3.04 bits per heavy atom. The third-order valence-electron chi connectivity index (χ3n) is 4.63. The molecule has 1 saturated heterocycles. The van der Waals surface area contributed by atoms with Gasteiger partial charge in [-0.05, 0) is 18.6 Å². The molecule has 3 heterocycles. The Balaban J connectivity index is 1.48. The maximum Gasteiger partial charge on any atom is 0.415 e. The van der Waals surface area contributed by atoms with E-state index >= 15 is 0 Å². The van der Waals surface area contributed by atoms with Crippen LogP contribution in [0, 0.1) is 5.82 Å². The summed E-state index contributed by atoms with van der Waals surface area (Å²) in [5.74, 6) is 0.00212. The number of aromatic nitrogens is 2. The Hall–Kier alpha value is -2.12. The molecule has 2 aliphatic rings. The monoisotopic (exact) mass is 365 g/mol. The summed E-state index contributed by atoms with van der Waals surface area (Å²) in [6.45, 7) is 2.99. The molecular formula is C17H17ClFN3O3. The first-order valence-corrected chi connectivity index (χ1v) is 8.54. The lowest BCUT2D eigenvalue weighted by molar-refractivity contribution is 0.137. The van der Waals surface area contributed by atoms with Crippen LogP contribution in [0.2, 0.25) is 5.02 Å². The van der Waals surface area contributed by atoms with Gasteiger partial charge in [-0.3, -0.25) is 4.68 Å². The minimum atomic E-state index is -0.549. The van der Waals surface area contributed by atoms with Crippen molar-refractivity contribution in [1.29, 1.82) is 0 Å². The Morgan fingerprint density at radius 2 is 2.28 bits per heavy atom. The van der Waals surface area contributed by atoms with E-state index in [2.05, 4.69) is 5.10 Å². The van der Waals surface area contributed by atoms with Crippen molar-refractivity contribution in [2.24, 2.45) is 0 Å². The fourth-order valence-electron chi connectivity index (χ4n) is 3.25. The number of amides is 1. The number of carbonyl (C=O) groups excluding carboxylic acids is 1. The van der Waals surface area contributed by atoms with Gasteiger partial charge in [-0.15, -0.1) is 0 Å². The third kappa shape index (κ3) is 3.21. The quantitative estimate of drug-likeness (QED) is 0.820. The van der Waals surface area contributed by atoms with Crippen LogP contribution in [0.4, 0.5) is 9.18 Å². The van der Waals surface area contributed by atoms with Crippen molar-refractivity contribution in [2.45, 2.75) is 25.4 Å². The van der Waals surface area contributed by atoms with Crippen LogP contribution in [0.5, 0.6) is 5.75 Å². The van der Waals surface area contributed by atoms with Gasteiger partial charge in [-0.1, -0.05) is 11.6 Å². The van der Waals surface area contributed by atoms with Gasteiger partial charge >= 0.3 is 6.09 Å². The van der Waals surface area contributed by atoms with Crippen LogP contribution in [0.15, 0.2) is 24.4 Å². The number of carbonyl (C=O) groups is 1. The van der Waals surface area contributed by atoms with Crippen molar-refractivity contribution in [2.75, 3.05) is 19.8 Å². The van der Waals surface area contributed by atoms with E-state index in [0.29, 0.717) is 32.2 Å². The fourth-order valence-corrected chi connectivity index (χ4v) is 3.42. The molecule has 0 radical (unpaired) electrons. The van der Waals surface area contributed by atoms with Gasteiger partial charge in [-0.2, -0.15) is 5.10 Å². The highest BCUT2D eigenvalue weighted by Gasteiger charge is 2.29. The van der Waals surface area contributed by atoms with Gasteiger partial charge in [0.15, 0.2) is 0 Å². The molecule has 2 aliphatic heterocycles. The van der Waals surface area contributed by atoms with Crippen molar-refractivity contribution in [3.8, 4) is 5.75 Å². The number of hydrogen-bond donors (Lipinski definition) is 0. The van der Waals surface area contributed by atoms with Crippen molar-refractivity contribution >= 4 is 17.7 Å². The minimum absolute atomic E-state index is 0.0782. The predicted octanol–water partition coefficient (Wildman–Crippen LogP) is 3.19. The van der Waals surface area contributed by atoms with Crippen LogP contribution < -0.4 is 4.74 Å². The zero-order valence-electron chi connectivity index (χ0n) is 13.5. The molecular weight excluding hydrogens is 349 g/mol. The number of hydrogen-bond acceptors (Lipinski definition) is 4. The van der Waals surface area contributed by atoms with Crippen molar-refractivity contribution < 1.29 is 18.7 Å². The van der Waals surface area contributed by atoms with Gasteiger partial charge in [0.05, 0.1) is 36.6 Å². The maximum atomic E-state index is 13.2. The second kappa shape index (κ2) is 6.65. The van der Waals surface area contributed by atoms with E-state index in [4.69, 9.17) is 21.1 Å². The van der Waals surface area contributed by atoms with Crippen LogP contribution in [-0.2, 0) is 17.8 Å². The topological polar surface area (TPSA) is 56.6 Å². The lowest BCUT2D eigenvalue weighted by atomic mass is 9.98. The molecule has 8 heteroatoms. The van der Waals surface area contributed by atoms with Crippen LogP contribution in [0.1, 0.15) is 23.6 Å². The molecule has 1 atom stereocenters. The zero-order valence-corrected chi connectivity index (χ0v) is 14.2. The first-order valence-electron chi connectivity index (χ1n) is 8.16. The highest BCUT2D eigenvalue weighted by Crippen LogP contribution is 2.30. The summed E-state index contributed by atoms with van der Waals surface area (Å²) in [7, 11) is 0. The molecule has 2 aromatic rings. The van der Waals surface area contributed by atoms with E-state index in [9.17, 15) is 9.18 Å². The van der Waals surface area contributed by atoms with Crippen molar-refractivity contribution in [3.05, 3.63) is 46.5 Å². The number of halogens is 2. The fraction of sp³-hybridized carbons (Fsp3) is 0.412. The lowest BCUT2D eigenvalue weighted by Crippen LogP contribution is -2.40. The molecule has 0 aliphatic carbocycles. The SMILES string of the molecule is O=C(Oc1ccc(F)c(Cl)c1)N1CCn2ncc(C3CCOC3)c2C1. The Morgan fingerprint density at radius 1 is 1.40 bits per heavy atom. The van der Waals surface area contributed by atoms with Crippen LogP contribution >= 0.6 is 11.6 Å². The summed E-state index contributed by atoms with van der Waals surface area (Å²) in [5.41, 5.74) is 2.16. The molecule has 1 fully saturated rings. The number of fused-ring (bicyclic) bond motifs is 1. The molecule has 0 saturated carbocycles. The molecule has 4 rings (SSSR count). The first-order chi connectivity index (χ1) is 12.1. The third-order valence-corrected chi connectivity index (χ3v) is 4.92. The van der Waals surface area contributed by atoms with E-state index in [-0.39, 0.29) is 10.8 Å². The molecule has 1 aromatic heterocycles. The van der Waals surface area contributed by atoms with E-state index in [1.54, 1.807) is 4.90 Å². The zero-order chi connectivity index (χ0) is 17.4. The normalized spacial score (nSPS) is 19.8. The minimum Gasteiger partial charge on any atom is -0.410 e. The molecule has 0 N–H and O–H groups in total. The van der Waals surface area contributed by atoms with Gasteiger partial charge in [-0.25, -0.2) is 9.18 Å². The van der Waals surface area contributed by atoms with Gasteiger partial charge in [0.2, 0.25) is 0 Å².